The Kier molecular flexibility index (Phi) is 3.55. The largest absolute Gasteiger partial charge is 0.435 e. The highest BCUT2D eigenvalue weighted by molar-refractivity contribution is 5.89. The summed E-state index contributed by atoms with van der Waals surface area (Å²) in [7, 11) is 0. The van der Waals surface area contributed by atoms with Crippen molar-refractivity contribution in [2.75, 3.05) is 0 Å². The quantitative estimate of drug-likeness (QED) is 0.772. The van der Waals surface area contributed by atoms with Crippen LogP contribution in [0.15, 0.2) is 36.4 Å². The van der Waals surface area contributed by atoms with E-state index < -0.39 is 13.2 Å². The Morgan fingerprint density at radius 1 is 0.833 bits per heavy atom. The number of fused-ring (bicyclic) bond motifs is 1. The molecule has 0 radical (unpaired) electrons. The molecular weight excluding hydrogens is 252 g/mol. The molecule has 0 aliphatic rings. The van der Waals surface area contributed by atoms with Crippen LogP contribution >= 0.6 is 0 Å². The number of halogens is 4. The molecule has 0 bridgehead atoms. The molecule has 0 spiro atoms. The van der Waals surface area contributed by atoms with Gasteiger partial charge in [-0.2, -0.15) is 17.6 Å². The first-order valence-corrected chi connectivity index (χ1v) is 4.98. The summed E-state index contributed by atoms with van der Waals surface area (Å²) < 4.78 is 57.0. The van der Waals surface area contributed by atoms with Gasteiger partial charge >= 0.3 is 13.2 Å². The molecular formula is C12H8F4O2. The smallest absolute Gasteiger partial charge is 0.387 e. The van der Waals surface area contributed by atoms with E-state index in [0.717, 1.165) is 0 Å². The first-order valence-electron chi connectivity index (χ1n) is 4.98. The van der Waals surface area contributed by atoms with Gasteiger partial charge in [0.25, 0.3) is 0 Å². The van der Waals surface area contributed by atoms with E-state index in [1.54, 1.807) is 6.07 Å². The Bertz CT molecular complexity index is 543. The Morgan fingerprint density at radius 2 is 1.56 bits per heavy atom. The maximum absolute atomic E-state index is 12.2. The summed E-state index contributed by atoms with van der Waals surface area (Å²) >= 11 is 0. The van der Waals surface area contributed by atoms with Gasteiger partial charge in [-0.15, -0.1) is 0 Å². The fourth-order valence-corrected chi connectivity index (χ4v) is 1.60. The first kappa shape index (κ1) is 12.5. The van der Waals surface area contributed by atoms with Gasteiger partial charge in [0.2, 0.25) is 0 Å². The van der Waals surface area contributed by atoms with E-state index in [2.05, 4.69) is 9.47 Å². The van der Waals surface area contributed by atoms with Gasteiger partial charge in [-0.1, -0.05) is 18.2 Å². The molecule has 6 heteroatoms. The summed E-state index contributed by atoms with van der Waals surface area (Å²) in [6.07, 6.45) is 0. The fraction of sp³-hybridized carbons (Fsp3) is 0.167. The molecule has 2 aromatic rings. The highest BCUT2D eigenvalue weighted by Crippen LogP contribution is 2.30. The Hall–Kier alpha value is -1.98. The average Bonchev–Trinajstić information content (AvgIpc) is 2.28. The van der Waals surface area contributed by atoms with E-state index in [1.165, 1.54) is 30.3 Å². The number of benzene rings is 2. The average molecular weight is 260 g/mol. The van der Waals surface area contributed by atoms with E-state index in [9.17, 15) is 17.6 Å². The van der Waals surface area contributed by atoms with Gasteiger partial charge in [-0.3, -0.25) is 0 Å². The van der Waals surface area contributed by atoms with Crippen molar-refractivity contribution in [3.8, 4) is 11.5 Å². The maximum atomic E-state index is 12.2. The third-order valence-electron chi connectivity index (χ3n) is 2.25. The molecule has 0 atom stereocenters. The minimum Gasteiger partial charge on any atom is -0.435 e. The summed E-state index contributed by atoms with van der Waals surface area (Å²) in [4.78, 5) is 0. The summed E-state index contributed by atoms with van der Waals surface area (Å²) in [6, 6.07) is 8.58. The van der Waals surface area contributed by atoms with Crippen LogP contribution in [0.3, 0.4) is 0 Å². The van der Waals surface area contributed by atoms with Crippen LogP contribution in [0, 0.1) is 0 Å². The second-order valence-corrected chi connectivity index (χ2v) is 3.40. The van der Waals surface area contributed by atoms with E-state index in [1.807, 2.05) is 0 Å². The zero-order valence-corrected chi connectivity index (χ0v) is 8.95. The van der Waals surface area contributed by atoms with Crippen LogP contribution in [0.5, 0.6) is 11.5 Å². The molecule has 2 aromatic carbocycles. The van der Waals surface area contributed by atoms with Crippen molar-refractivity contribution in [3.05, 3.63) is 36.4 Å². The fourth-order valence-electron chi connectivity index (χ4n) is 1.60. The molecule has 0 unspecified atom stereocenters. The van der Waals surface area contributed by atoms with Crippen LogP contribution in [0.4, 0.5) is 17.6 Å². The van der Waals surface area contributed by atoms with Gasteiger partial charge in [0.1, 0.15) is 11.5 Å². The van der Waals surface area contributed by atoms with Gasteiger partial charge in [0.05, 0.1) is 0 Å². The number of alkyl halides is 4. The lowest BCUT2D eigenvalue weighted by Crippen LogP contribution is -2.03. The SMILES string of the molecule is FC(F)Oc1ccc2cccc(OC(F)F)c2c1. The molecule has 0 aromatic heterocycles. The Labute approximate surface area is 99.7 Å². The summed E-state index contributed by atoms with van der Waals surface area (Å²) in [5, 5.41) is 0.880. The molecule has 0 saturated carbocycles. The number of ether oxygens (including phenoxy) is 2. The number of rotatable bonds is 4. The highest BCUT2D eigenvalue weighted by Gasteiger charge is 2.10. The van der Waals surface area contributed by atoms with Crippen molar-refractivity contribution in [1.82, 2.24) is 0 Å². The summed E-state index contributed by atoms with van der Waals surface area (Å²) in [5.74, 6) is -0.190. The molecule has 0 heterocycles. The third-order valence-corrected chi connectivity index (χ3v) is 2.25. The highest BCUT2D eigenvalue weighted by atomic mass is 19.3. The lowest BCUT2D eigenvalue weighted by molar-refractivity contribution is -0.0510. The Balaban J connectivity index is 2.44. The van der Waals surface area contributed by atoms with E-state index in [-0.39, 0.29) is 16.9 Å². The predicted octanol–water partition coefficient (Wildman–Crippen LogP) is 4.04. The third kappa shape index (κ3) is 2.82. The molecule has 0 aliphatic heterocycles. The summed E-state index contributed by atoms with van der Waals surface area (Å²) in [6.45, 7) is -5.94. The van der Waals surface area contributed by atoms with Crippen molar-refractivity contribution in [2.45, 2.75) is 13.2 Å². The van der Waals surface area contributed by atoms with Gasteiger partial charge in [0, 0.05) is 5.39 Å². The first-order chi connectivity index (χ1) is 8.56. The second kappa shape index (κ2) is 5.12. The molecule has 2 nitrogen and oxygen atoms in total. The molecule has 96 valence electrons. The molecule has 18 heavy (non-hydrogen) atoms. The van der Waals surface area contributed by atoms with Gasteiger partial charge in [-0.05, 0) is 23.6 Å². The monoisotopic (exact) mass is 260 g/mol. The molecule has 0 amide bonds. The lowest BCUT2D eigenvalue weighted by atomic mass is 10.1. The van der Waals surface area contributed by atoms with Crippen LogP contribution < -0.4 is 9.47 Å². The minimum absolute atomic E-state index is 0.0813. The Morgan fingerprint density at radius 3 is 2.22 bits per heavy atom. The van der Waals surface area contributed by atoms with Gasteiger partial charge < -0.3 is 9.47 Å². The molecule has 0 aliphatic carbocycles. The standard InChI is InChI=1S/C12H8F4O2/c13-11(14)17-8-5-4-7-2-1-3-10(9(7)6-8)18-12(15)16/h1-6,11-12H. The van der Waals surface area contributed by atoms with E-state index in [4.69, 9.17) is 0 Å². The topological polar surface area (TPSA) is 18.5 Å². The van der Waals surface area contributed by atoms with Crippen molar-refractivity contribution >= 4 is 10.8 Å². The molecule has 0 fully saturated rings. The predicted molar refractivity (Wildman–Crippen MR) is 57.2 cm³/mol. The molecule has 2 rings (SSSR count). The van der Waals surface area contributed by atoms with Crippen LogP contribution in [0.25, 0.3) is 10.8 Å². The lowest BCUT2D eigenvalue weighted by Gasteiger charge is -2.10. The van der Waals surface area contributed by atoms with Crippen LogP contribution in [-0.2, 0) is 0 Å². The molecule has 0 N–H and O–H groups in total. The van der Waals surface area contributed by atoms with Crippen molar-refractivity contribution in [1.29, 1.82) is 0 Å². The van der Waals surface area contributed by atoms with E-state index in [0.29, 0.717) is 5.39 Å². The van der Waals surface area contributed by atoms with Crippen LogP contribution in [-0.4, -0.2) is 13.2 Å². The van der Waals surface area contributed by atoms with Gasteiger partial charge in [-0.25, -0.2) is 0 Å². The van der Waals surface area contributed by atoms with Crippen LogP contribution in [0.1, 0.15) is 0 Å². The minimum atomic E-state index is -2.98. The van der Waals surface area contributed by atoms with Crippen LogP contribution in [0.2, 0.25) is 0 Å². The van der Waals surface area contributed by atoms with Crippen molar-refractivity contribution in [2.24, 2.45) is 0 Å². The second-order valence-electron chi connectivity index (χ2n) is 3.40. The van der Waals surface area contributed by atoms with E-state index >= 15 is 0 Å². The normalized spacial score (nSPS) is 11.2. The number of hydrogen-bond acceptors (Lipinski definition) is 2. The molecule has 0 saturated heterocycles. The zero-order valence-electron chi connectivity index (χ0n) is 8.95. The van der Waals surface area contributed by atoms with Crippen molar-refractivity contribution in [3.63, 3.8) is 0 Å². The number of hydrogen-bond donors (Lipinski definition) is 0. The zero-order chi connectivity index (χ0) is 13.1. The maximum Gasteiger partial charge on any atom is 0.387 e. The van der Waals surface area contributed by atoms with Crippen molar-refractivity contribution < 1.29 is 27.0 Å². The summed E-state index contributed by atoms with van der Waals surface area (Å²) in [5.41, 5.74) is 0. The van der Waals surface area contributed by atoms with Gasteiger partial charge in [0.15, 0.2) is 0 Å².